The Labute approximate surface area is 173 Å². The van der Waals surface area contributed by atoms with Gasteiger partial charge in [-0.3, -0.25) is 23.7 Å². The summed E-state index contributed by atoms with van der Waals surface area (Å²) in [5, 5.41) is 2.72. The smallest absolute Gasteiger partial charge is 0.329 e. The molecule has 1 saturated heterocycles. The number of nitrogens with one attached hydrogen (secondary N) is 1. The highest BCUT2D eigenvalue weighted by Crippen LogP contribution is 2.27. The monoisotopic (exact) mass is 408 g/mol. The number of hydrogen-bond acceptors (Lipinski definition) is 5. The van der Waals surface area contributed by atoms with E-state index in [9.17, 15) is 14.4 Å². The molecule has 1 atom stereocenters. The number of carbonyl (C=O) groups excluding carboxylic acids is 2. The van der Waals surface area contributed by atoms with Crippen molar-refractivity contribution < 1.29 is 9.59 Å². The fourth-order valence-corrected chi connectivity index (χ4v) is 3.90. The van der Waals surface area contributed by atoms with E-state index in [1.54, 1.807) is 32.4 Å². The first-order valence-electron chi connectivity index (χ1n) is 9.94. The summed E-state index contributed by atoms with van der Waals surface area (Å²) in [4.78, 5) is 47.1. The topological polar surface area (TPSA) is 102 Å². The van der Waals surface area contributed by atoms with E-state index in [4.69, 9.17) is 0 Å². The molecule has 4 rings (SSSR count). The number of likely N-dealkylation sites (tertiary alicyclic amines) is 1. The van der Waals surface area contributed by atoms with Gasteiger partial charge in [-0.05, 0) is 30.2 Å². The number of fused-ring (bicyclic) bond motifs is 1. The second kappa shape index (κ2) is 8.10. The second-order valence-electron chi connectivity index (χ2n) is 7.60. The Morgan fingerprint density at radius 3 is 2.77 bits per heavy atom. The zero-order valence-electron chi connectivity index (χ0n) is 17.0. The van der Waals surface area contributed by atoms with Gasteiger partial charge in [0.2, 0.25) is 11.8 Å². The van der Waals surface area contributed by atoms with Gasteiger partial charge in [-0.1, -0.05) is 6.07 Å². The largest absolute Gasteiger partial charge is 0.342 e. The van der Waals surface area contributed by atoms with E-state index in [0.29, 0.717) is 36.0 Å². The number of nitrogens with zero attached hydrogens (tertiary/aromatic N) is 5. The van der Waals surface area contributed by atoms with Crippen LogP contribution in [0.4, 0.5) is 5.82 Å². The van der Waals surface area contributed by atoms with Crippen molar-refractivity contribution in [2.45, 2.75) is 25.2 Å². The van der Waals surface area contributed by atoms with Crippen molar-refractivity contribution in [3.63, 3.8) is 0 Å². The van der Waals surface area contributed by atoms with E-state index in [1.807, 2.05) is 23.2 Å². The molecular weight excluding hydrogens is 384 g/mol. The fourth-order valence-electron chi connectivity index (χ4n) is 3.90. The quantitative estimate of drug-likeness (QED) is 0.688. The van der Waals surface area contributed by atoms with Crippen LogP contribution in [0.3, 0.4) is 0 Å². The number of imidazole rings is 1. The van der Waals surface area contributed by atoms with Crippen LogP contribution in [0, 0.1) is 0 Å². The third-order valence-electron chi connectivity index (χ3n) is 5.64. The average molecular weight is 408 g/mol. The van der Waals surface area contributed by atoms with Gasteiger partial charge in [0, 0.05) is 58.3 Å². The Balaban J connectivity index is 1.32. The van der Waals surface area contributed by atoms with Crippen molar-refractivity contribution in [3.8, 4) is 0 Å². The van der Waals surface area contributed by atoms with Gasteiger partial charge in [0.15, 0.2) is 5.65 Å². The van der Waals surface area contributed by atoms with Gasteiger partial charge in [-0.2, -0.15) is 0 Å². The van der Waals surface area contributed by atoms with Crippen LogP contribution in [-0.2, 0) is 23.7 Å². The van der Waals surface area contributed by atoms with Crippen LogP contribution in [0.25, 0.3) is 11.2 Å². The minimum atomic E-state index is -0.279. The molecule has 1 aliphatic heterocycles. The van der Waals surface area contributed by atoms with Crippen LogP contribution in [0.2, 0.25) is 0 Å². The van der Waals surface area contributed by atoms with Crippen molar-refractivity contribution in [3.05, 3.63) is 52.7 Å². The third-order valence-corrected chi connectivity index (χ3v) is 5.64. The molecule has 2 amide bonds. The maximum atomic E-state index is 12.5. The van der Waals surface area contributed by atoms with Crippen molar-refractivity contribution in [1.29, 1.82) is 0 Å². The summed E-state index contributed by atoms with van der Waals surface area (Å²) in [5.74, 6) is 0.355. The number of rotatable bonds is 5. The predicted octanol–water partition coefficient (Wildman–Crippen LogP) is 1.40. The van der Waals surface area contributed by atoms with Crippen LogP contribution >= 0.6 is 0 Å². The van der Waals surface area contributed by atoms with Crippen LogP contribution < -0.4 is 11.0 Å². The molecule has 0 aromatic carbocycles. The molecule has 3 aromatic rings. The van der Waals surface area contributed by atoms with Crippen molar-refractivity contribution in [2.24, 2.45) is 14.1 Å². The van der Waals surface area contributed by atoms with Gasteiger partial charge in [-0.25, -0.2) is 9.78 Å². The number of anilines is 1. The molecule has 1 aliphatic rings. The standard InChI is InChI=1S/C21H24N6O3/c1-25-16-5-6-17(24-20(16)26(2)21(25)30)23-18(28)7-8-19(29)27-11-9-15(13-27)14-4-3-10-22-12-14/h3-6,10,12,15H,7-9,11,13H2,1-2H3,(H,23,24,28). The third kappa shape index (κ3) is 3.83. The van der Waals surface area contributed by atoms with E-state index < -0.39 is 0 Å². The molecule has 1 fully saturated rings. The molecule has 0 bridgehead atoms. The van der Waals surface area contributed by atoms with Crippen LogP contribution in [0.15, 0.2) is 41.5 Å². The van der Waals surface area contributed by atoms with Crippen LogP contribution in [0.5, 0.6) is 0 Å². The minimum Gasteiger partial charge on any atom is -0.342 e. The summed E-state index contributed by atoms with van der Waals surface area (Å²) in [6.45, 7) is 1.35. The van der Waals surface area contributed by atoms with E-state index >= 15 is 0 Å². The zero-order valence-corrected chi connectivity index (χ0v) is 17.0. The van der Waals surface area contributed by atoms with Crippen molar-refractivity contribution in [1.82, 2.24) is 24.0 Å². The molecular formula is C21H24N6O3. The van der Waals surface area contributed by atoms with E-state index in [0.717, 1.165) is 12.0 Å². The van der Waals surface area contributed by atoms with E-state index in [1.165, 1.54) is 9.13 Å². The Bertz CT molecular complexity index is 1150. The van der Waals surface area contributed by atoms with Gasteiger partial charge in [0.25, 0.3) is 0 Å². The SMILES string of the molecule is Cn1c(=O)n(C)c2nc(NC(=O)CCC(=O)N3CCC(c4cccnc4)C3)ccc21. The van der Waals surface area contributed by atoms with Gasteiger partial charge in [0.1, 0.15) is 5.82 Å². The number of aryl methyl sites for hydroxylation is 2. The predicted molar refractivity (Wildman–Crippen MR) is 112 cm³/mol. The van der Waals surface area contributed by atoms with Gasteiger partial charge >= 0.3 is 5.69 Å². The minimum absolute atomic E-state index is 0.0228. The molecule has 0 spiro atoms. The summed E-state index contributed by atoms with van der Waals surface area (Å²) in [7, 11) is 3.31. The lowest BCUT2D eigenvalue weighted by Gasteiger charge is -2.16. The number of hydrogen-bond donors (Lipinski definition) is 1. The normalized spacial score (nSPS) is 16.2. The number of amides is 2. The lowest BCUT2D eigenvalue weighted by atomic mass is 10.0. The van der Waals surface area contributed by atoms with Crippen LogP contribution in [-0.4, -0.2) is 48.9 Å². The summed E-state index contributed by atoms with van der Waals surface area (Å²) < 4.78 is 2.93. The molecule has 156 valence electrons. The van der Waals surface area contributed by atoms with Crippen molar-refractivity contribution >= 4 is 28.8 Å². The molecule has 0 saturated carbocycles. The molecule has 30 heavy (non-hydrogen) atoms. The van der Waals surface area contributed by atoms with Gasteiger partial charge in [0.05, 0.1) is 5.52 Å². The Kier molecular flexibility index (Phi) is 5.35. The van der Waals surface area contributed by atoms with E-state index in [2.05, 4.69) is 15.3 Å². The summed E-state index contributed by atoms with van der Waals surface area (Å²) >= 11 is 0. The first kappa shape index (κ1) is 19.8. The Morgan fingerprint density at radius 1 is 1.17 bits per heavy atom. The van der Waals surface area contributed by atoms with Crippen molar-refractivity contribution in [2.75, 3.05) is 18.4 Å². The lowest BCUT2D eigenvalue weighted by molar-refractivity contribution is -0.131. The van der Waals surface area contributed by atoms with Gasteiger partial charge < -0.3 is 10.2 Å². The zero-order chi connectivity index (χ0) is 21.3. The number of carbonyl (C=O) groups is 2. The Morgan fingerprint density at radius 2 is 2.00 bits per heavy atom. The first-order chi connectivity index (χ1) is 14.4. The van der Waals surface area contributed by atoms with Crippen LogP contribution in [0.1, 0.15) is 30.7 Å². The molecule has 0 radical (unpaired) electrons. The summed E-state index contributed by atoms with van der Waals surface area (Å²) in [5.41, 5.74) is 2.15. The lowest BCUT2D eigenvalue weighted by Crippen LogP contribution is -2.29. The molecule has 3 aromatic heterocycles. The summed E-state index contributed by atoms with van der Waals surface area (Å²) in [6, 6.07) is 7.34. The highest BCUT2D eigenvalue weighted by molar-refractivity contribution is 5.93. The fraction of sp³-hybridized carbons (Fsp3) is 0.381. The maximum Gasteiger partial charge on any atom is 0.329 e. The Hall–Kier alpha value is -3.49. The van der Waals surface area contributed by atoms with E-state index in [-0.39, 0.29) is 30.3 Å². The number of pyridine rings is 2. The molecule has 1 unspecified atom stereocenters. The maximum absolute atomic E-state index is 12.5. The summed E-state index contributed by atoms with van der Waals surface area (Å²) in [6.07, 6.45) is 4.73. The molecule has 9 heteroatoms. The van der Waals surface area contributed by atoms with Gasteiger partial charge in [-0.15, -0.1) is 0 Å². The number of aromatic nitrogens is 4. The highest BCUT2D eigenvalue weighted by atomic mass is 16.2. The average Bonchev–Trinajstić information content (AvgIpc) is 3.33. The molecule has 1 N–H and O–H groups in total. The second-order valence-corrected chi connectivity index (χ2v) is 7.60. The first-order valence-corrected chi connectivity index (χ1v) is 9.94. The molecule has 0 aliphatic carbocycles. The highest BCUT2D eigenvalue weighted by Gasteiger charge is 2.27. The molecule has 4 heterocycles. The molecule has 9 nitrogen and oxygen atoms in total.